The smallest absolute Gasteiger partial charge is 0.241 e. The average molecular weight is 412 g/mol. The zero-order valence-corrected chi connectivity index (χ0v) is 18.2. The Bertz CT molecular complexity index is 768. The number of aromatic nitrogens is 1. The van der Waals surface area contributed by atoms with Gasteiger partial charge in [0.25, 0.3) is 0 Å². The molecule has 30 heavy (non-hydrogen) atoms. The first-order valence-corrected chi connectivity index (χ1v) is 10.3. The van der Waals surface area contributed by atoms with E-state index in [1.54, 1.807) is 25.2 Å². The van der Waals surface area contributed by atoms with E-state index in [1.165, 1.54) is 5.56 Å². The topological polar surface area (TPSA) is 78.9 Å². The number of nitrogens with one attached hydrogen (secondary N) is 2. The molecule has 2 aromatic rings. The third-order valence-corrected chi connectivity index (χ3v) is 4.62. The number of carbonyl (C=O) groups is 1. The molecule has 1 atom stereocenters. The molecule has 0 fully saturated rings. The lowest BCUT2D eigenvalue weighted by Crippen LogP contribution is -2.45. The first kappa shape index (κ1) is 23.3. The first-order valence-electron chi connectivity index (χ1n) is 10.3. The van der Waals surface area contributed by atoms with Gasteiger partial charge in [0.15, 0.2) is 5.96 Å². The van der Waals surface area contributed by atoms with Crippen molar-refractivity contribution in [3.05, 3.63) is 66.0 Å². The van der Waals surface area contributed by atoms with Gasteiger partial charge in [-0.3, -0.25) is 14.8 Å². The van der Waals surface area contributed by atoms with E-state index < -0.39 is 0 Å². The molecule has 0 bridgehead atoms. The Kier molecular flexibility index (Phi) is 10.4. The van der Waals surface area contributed by atoms with Gasteiger partial charge in [0.1, 0.15) is 0 Å². The molecular weight excluding hydrogens is 378 g/mol. The number of likely N-dealkylation sites (N-methyl/N-ethyl adjacent to an activating group) is 1. The number of pyridine rings is 1. The minimum atomic E-state index is 0.00752. The standard InChI is InChI=1S/C23H33N5O2/c1-19(17-30-18-20-9-5-4-6-10-20)15-26-23(24-2)27-16-22(29)28(3)14-12-21-11-7-8-13-25-21/h4-11,13,19H,12,14-18H2,1-3H3,(H2,24,26,27). The summed E-state index contributed by atoms with van der Waals surface area (Å²) in [6, 6.07) is 15.9. The van der Waals surface area contributed by atoms with Crippen molar-refractivity contribution in [1.29, 1.82) is 0 Å². The molecule has 1 aromatic heterocycles. The van der Waals surface area contributed by atoms with E-state index >= 15 is 0 Å². The summed E-state index contributed by atoms with van der Waals surface area (Å²) < 4.78 is 5.77. The van der Waals surface area contributed by atoms with Crippen LogP contribution < -0.4 is 10.6 Å². The Balaban J connectivity index is 1.61. The summed E-state index contributed by atoms with van der Waals surface area (Å²) in [6.45, 7) is 4.89. The molecule has 1 amide bonds. The Morgan fingerprint density at radius 1 is 1.17 bits per heavy atom. The highest BCUT2D eigenvalue weighted by Gasteiger charge is 2.10. The molecule has 0 aliphatic heterocycles. The largest absolute Gasteiger partial charge is 0.376 e. The molecule has 0 spiro atoms. The van der Waals surface area contributed by atoms with Gasteiger partial charge in [0, 0.05) is 45.5 Å². The summed E-state index contributed by atoms with van der Waals surface area (Å²) >= 11 is 0. The van der Waals surface area contributed by atoms with E-state index in [0.717, 1.165) is 12.1 Å². The number of carbonyl (C=O) groups excluding carboxylic acids is 1. The Morgan fingerprint density at radius 2 is 1.93 bits per heavy atom. The van der Waals surface area contributed by atoms with Gasteiger partial charge in [-0.2, -0.15) is 0 Å². The summed E-state index contributed by atoms with van der Waals surface area (Å²) in [4.78, 5) is 22.5. The molecular formula is C23H33N5O2. The lowest BCUT2D eigenvalue weighted by molar-refractivity contribution is -0.128. The number of guanidine groups is 1. The molecule has 0 radical (unpaired) electrons. The van der Waals surface area contributed by atoms with Crippen molar-refractivity contribution < 1.29 is 9.53 Å². The van der Waals surface area contributed by atoms with E-state index in [1.807, 2.05) is 36.4 Å². The minimum Gasteiger partial charge on any atom is -0.376 e. The molecule has 0 saturated heterocycles. The number of hydrogen-bond donors (Lipinski definition) is 2. The summed E-state index contributed by atoms with van der Waals surface area (Å²) in [6.07, 6.45) is 2.50. The molecule has 0 saturated carbocycles. The van der Waals surface area contributed by atoms with Crippen LogP contribution in [0.25, 0.3) is 0 Å². The zero-order valence-electron chi connectivity index (χ0n) is 18.2. The zero-order chi connectivity index (χ0) is 21.6. The maximum absolute atomic E-state index is 12.3. The number of amides is 1. The Morgan fingerprint density at radius 3 is 2.63 bits per heavy atom. The predicted octanol–water partition coefficient (Wildman–Crippen LogP) is 2.10. The second-order valence-electron chi connectivity index (χ2n) is 7.30. The average Bonchev–Trinajstić information content (AvgIpc) is 2.78. The van der Waals surface area contributed by atoms with Crippen LogP contribution in [0.2, 0.25) is 0 Å². The predicted molar refractivity (Wildman–Crippen MR) is 120 cm³/mol. The molecule has 0 aliphatic carbocycles. The quantitative estimate of drug-likeness (QED) is 0.437. The molecule has 7 heteroatoms. The molecule has 1 unspecified atom stereocenters. The Hall–Kier alpha value is -2.93. The van der Waals surface area contributed by atoms with Gasteiger partial charge in [-0.15, -0.1) is 0 Å². The molecule has 1 heterocycles. The van der Waals surface area contributed by atoms with Crippen molar-refractivity contribution in [2.24, 2.45) is 10.9 Å². The molecule has 1 aromatic carbocycles. The van der Waals surface area contributed by atoms with Gasteiger partial charge in [-0.1, -0.05) is 43.3 Å². The number of ether oxygens (including phenoxy) is 1. The number of rotatable bonds is 11. The minimum absolute atomic E-state index is 0.00752. The van der Waals surface area contributed by atoms with Crippen LogP contribution in [0, 0.1) is 5.92 Å². The first-order chi connectivity index (χ1) is 14.6. The van der Waals surface area contributed by atoms with E-state index in [9.17, 15) is 4.79 Å². The van der Waals surface area contributed by atoms with Crippen molar-refractivity contribution in [3.63, 3.8) is 0 Å². The summed E-state index contributed by atoms with van der Waals surface area (Å²) in [5.41, 5.74) is 2.15. The van der Waals surface area contributed by atoms with Crippen molar-refractivity contribution >= 4 is 11.9 Å². The van der Waals surface area contributed by atoms with Crippen LogP contribution in [0.15, 0.2) is 59.7 Å². The van der Waals surface area contributed by atoms with Crippen LogP contribution in [-0.4, -0.2) is 62.1 Å². The molecule has 7 nitrogen and oxygen atoms in total. The third-order valence-electron chi connectivity index (χ3n) is 4.62. The van der Waals surface area contributed by atoms with Crippen LogP contribution >= 0.6 is 0 Å². The Labute approximate surface area is 179 Å². The van der Waals surface area contributed by atoms with Gasteiger partial charge in [0.2, 0.25) is 5.91 Å². The number of benzene rings is 1. The SMILES string of the molecule is CN=C(NCC(=O)N(C)CCc1ccccn1)NCC(C)COCc1ccccc1. The van der Waals surface area contributed by atoms with Crippen molar-refractivity contribution in [2.75, 3.05) is 40.3 Å². The second-order valence-corrected chi connectivity index (χ2v) is 7.30. The van der Waals surface area contributed by atoms with Gasteiger partial charge in [-0.25, -0.2) is 0 Å². The highest BCUT2D eigenvalue weighted by Crippen LogP contribution is 2.03. The molecule has 2 rings (SSSR count). The van der Waals surface area contributed by atoms with Gasteiger partial charge in [-0.05, 0) is 23.6 Å². The van der Waals surface area contributed by atoms with Crippen LogP contribution in [0.4, 0.5) is 0 Å². The van der Waals surface area contributed by atoms with Gasteiger partial charge < -0.3 is 20.3 Å². The highest BCUT2D eigenvalue weighted by atomic mass is 16.5. The van der Waals surface area contributed by atoms with Gasteiger partial charge in [0.05, 0.1) is 19.8 Å². The fourth-order valence-corrected chi connectivity index (χ4v) is 2.75. The second kappa shape index (κ2) is 13.3. The van der Waals surface area contributed by atoms with E-state index in [-0.39, 0.29) is 12.5 Å². The van der Waals surface area contributed by atoms with Gasteiger partial charge >= 0.3 is 0 Å². The van der Waals surface area contributed by atoms with Crippen molar-refractivity contribution in [3.8, 4) is 0 Å². The van der Waals surface area contributed by atoms with Crippen molar-refractivity contribution in [1.82, 2.24) is 20.5 Å². The molecule has 2 N–H and O–H groups in total. The van der Waals surface area contributed by atoms with Crippen LogP contribution in [0.3, 0.4) is 0 Å². The number of aliphatic imine (C=N–C) groups is 1. The maximum Gasteiger partial charge on any atom is 0.241 e. The fourth-order valence-electron chi connectivity index (χ4n) is 2.75. The summed E-state index contributed by atoms with van der Waals surface area (Å²) in [5.74, 6) is 0.925. The number of hydrogen-bond acceptors (Lipinski definition) is 4. The summed E-state index contributed by atoms with van der Waals surface area (Å²) in [5, 5.41) is 6.32. The number of nitrogens with zero attached hydrogens (tertiary/aromatic N) is 3. The van der Waals surface area contributed by atoms with Crippen LogP contribution in [-0.2, 0) is 22.6 Å². The van der Waals surface area contributed by atoms with E-state index in [2.05, 4.69) is 39.7 Å². The normalized spacial score (nSPS) is 12.3. The monoisotopic (exact) mass is 411 g/mol. The lowest BCUT2D eigenvalue weighted by Gasteiger charge is -2.19. The van der Waals surface area contributed by atoms with Crippen molar-refractivity contribution in [2.45, 2.75) is 20.0 Å². The molecule has 0 aliphatic rings. The maximum atomic E-state index is 12.3. The highest BCUT2D eigenvalue weighted by molar-refractivity contribution is 5.86. The van der Waals surface area contributed by atoms with E-state index in [0.29, 0.717) is 38.2 Å². The fraction of sp³-hybridized carbons (Fsp3) is 0.435. The molecule has 162 valence electrons. The van der Waals surface area contributed by atoms with Crippen LogP contribution in [0.1, 0.15) is 18.2 Å². The van der Waals surface area contributed by atoms with Crippen LogP contribution in [0.5, 0.6) is 0 Å². The summed E-state index contributed by atoms with van der Waals surface area (Å²) in [7, 11) is 3.50. The lowest BCUT2D eigenvalue weighted by atomic mass is 10.2. The van der Waals surface area contributed by atoms with E-state index in [4.69, 9.17) is 4.74 Å². The third kappa shape index (κ3) is 9.05.